The third kappa shape index (κ3) is 6.14. The minimum absolute atomic E-state index is 0.101. The molecule has 1 atom stereocenters. The second-order valence-corrected chi connectivity index (χ2v) is 12.1. The second-order valence-electron chi connectivity index (χ2n) is 12.1. The van der Waals surface area contributed by atoms with E-state index >= 15 is 0 Å². The molecule has 1 aromatic heterocycles. The molecule has 2 amide bonds. The normalized spacial score (nSPS) is 15.2. The van der Waals surface area contributed by atoms with Crippen LogP contribution >= 0.6 is 0 Å². The smallest absolute Gasteiger partial charge is 0.410 e. The van der Waals surface area contributed by atoms with Crippen LogP contribution in [0.5, 0.6) is 0 Å². The molecule has 1 unspecified atom stereocenters. The van der Waals surface area contributed by atoms with Crippen LogP contribution in [0.4, 0.5) is 18.0 Å². The van der Waals surface area contributed by atoms with Crippen molar-refractivity contribution in [3.8, 4) is 11.4 Å². The van der Waals surface area contributed by atoms with Crippen molar-refractivity contribution in [1.82, 2.24) is 19.5 Å². The van der Waals surface area contributed by atoms with E-state index in [4.69, 9.17) is 4.74 Å². The van der Waals surface area contributed by atoms with Crippen LogP contribution < -0.4 is 0 Å². The van der Waals surface area contributed by atoms with Gasteiger partial charge in [0.05, 0.1) is 23.8 Å². The maximum atomic E-state index is 14.8. The van der Waals surface area contributed by atoms with Crippen LogP contribution in [0.3, 0.4) is 0 Å². The average Bonchev–Trinajstić information content (AvgIpc) is 2.95. The highest BCUT2D eigenvalue weighted by Gasteiger charge is 2.39. The number of hydrogen-bond acceptors (Lipinski definition) is 5. The molecule has 11 heteroatoms. The molecular formula is C27H37F3N4O4. The van der Waals surface area contributed by atoms with Gasteiger partial charge >= 0.3 is 6.09 Å². The van der Waals surface area contributed by atoms with Crippen LogP contribution in [-0.2, 0) is 17.8 Å². The number of aromatic nitrogens is 2. The highest BCUT2D eigenvalue weighted by molar-refractivity contribution is 5.94. The predicted molar refractivity (Wildman–Crippen MR) is 135 cm³/mol. The number of carbonyl (C=O) groups is 2. The van der Waals surface area contributed by atoms with Gasteiger partial charge in [-0.05, 0) is 44.6 Å². The number of rotatable bonds is 4. The van der Waals surface area contributed by atoms with Crippen molar-refractivity contribution < 1.29 is 32.7 Å². The van der Waals surface area contributed by atoms with E-state index in [1.54, 1.807) is 20.8 Å². The Balaban J connectivity index is 2.18. The first kappa shape index (κ1) is 29.5. The van der Waals surface area contributed by atoms with Gasteiger partial charge < -0.3 is 14.2 Å². The molecule has 1 aromatic carbocycles. The molecule has 1 aliphatic rings. The molecule has 0 saturated heterocycles. The number of imidazole rings is 1. The van der Waals surface area contributed by atoms with Crippen molar-refractivity contribution in [2.75, 3.05) is 6.54 Å². The first-order valence-electron chi connectivity index (χ1n) is 12.7. The van der Waals surface area contributed by atoms with Gasteiger partial charge in [-0.15, -0.1) is 0 Å². The molecule has 0 bridgehead atoms. The fraction of sp³-hybridized carbons (Fsp3) is 0.593. The molecule has 0 aliphatic carbocycles. The molecule has 0 fully saturated rings. The minimum atomic E-state index is -1.35. The first-order chi connectivity index (χ1) is 17.4. The fourth-order valence-electron chi connectivity index (χ4n) is 5.00. The lowest BCUT2D eigenvalue weighted by molar-refractivity contribution is -0.129. The molecule has 1 aliphatic heterocycles. The lowest BCUT2D eigenvalue weighted by atomic mass is 9.80. The number of amides is 2. The molecule has 2 aromatic rings. The summed E-state index contributed by atoms with van der Waals surface area (Å²) < 4.78 is 49.7. The zero-order valence-corrected chi connectivity index (χ0v) is 23.2. The van der Waals surface area contributed by atoms with E-state index in [-0.39, 0.29) is 48.3 Å². The lowest BCUT2D eigenvalue weighted by Gasteiger charge is -2.38. The van der Waals surface area contributed by atoms with Gasteiger partial charge in [-0.1, -0.05) is 34.6 Å². The number of hydroxylamine groups is 2. The van der Waals surface area contributed by atoms with Gasteiger partial charge in [0.15, 0.2) is 17.3 Å². The van der Waals surface area contributed by atoms with Crippen molar-refractivity contribution in [3.05, 3.63) is 41.0 Å². The van der Waals surface area contributed by atoms with E-state index in [1.807, 2.05) is 34.6 Å². The van der Waals surface area contributed by atoms with Gasteiger partial charge in [0.1, 0.15) is 17.2 Å². The zero-order valence-electron chi connectivity index (χ0n) is 23.2. The van der Waals surface area contributed by atoms with E-state index < -0.39 is 46.5 Å². The Labute approximate surface area is 221 Å². The molecule has 1 N–H and O–H groups in total. The van der Waals surface area contributed by atoms with Crippen LogP contribution in [0.15, 0.2) is 12.1 Å². The zero-order chi connectivity index (χ0) is 28.7. The van der Waals surface area contributed by atoms with E-state index in [0.29, 0.717) is 23.6 Å². The lowest BCUT2D eigenvalue weighted by Crippen LogP contribution is -2.49. The minimum Gasteiger partial charge on any atom is -0.444 e. The first-order valence-corrected chi connectivity index (χ1v) is 12.7. The largest absolute Gasteiger partial charge is 0.444 e. The molecule has 210 valence electrons. The SMILES string of the molecule is CC(C)C(N(O)C(=O)c1nc(-c2cc(F)c(F)cc2F)n2c1CN(C(=O)OC(C)(C)C)CCC2)C(C)(C)C. The average molecular weight is 539 g/mol. The van der Waals surface area contributed by atoms with Crippen molar-refractivity contribution >= 4 is 12.0 Å². The molecule has 3 rings (SSSR count). The number of halogens is 3. The Hall–Kier alpha value is -3.08. The molecule has 0 saturated carbocycles. The summed E-state index contributed by atoms with van der Waals surface area (Å²) in [6.07, 6.45) is -0.213. The fourth-order valence-corrected chi connectivity index (χ4v) is 5.00. The van der Waals surface area contributed by atoms with Crippen LogP contribution in [-0.4, -0.2) is 54.9 Å². The Morgan fingerprint density at radius 3 is 2.18 bits per heavy atom. The third-order valence-electron chi connectivity index (χ3n) is 6.32. The molecule has 38 heavy (non-hydrogen) atoms. The van der Waals surface area contributed by atoms with Crippen LogP contribution in [0.2, 0.25) is 0 Å². The van der Waals surface area contributed by atoms with E-state index in [0.717, 1.165) is 0 Å². The van der Waals surface area contributed by atoms with Crippen molar-refractivity contribution in [3.63, 3.8) is 0 Å². The maximum absolute atomic E-state index is 14.8. The summed E-state index contributed by atoms with van der Waals surface area (Å²) >= 11 is 0. The summed E-state index contributed by atoms with van der Waals surface area (Å²) in [6.45, 7) is 14.9. The van der Waals surface area contributed by atoms with E-state index in [9.17, 15) is 28.0 Å². The topological polar surface area (TPSA) is 87.9 Å². The molecule has 8 nitrogen and oxygen atoms in total. The predicted octanol–water partition coefficient (Wildman–Crippen LogP) is 6.01. The number of benzene rings is 1. The summed E-state index contributed by atoms with van der Waals surface area (Å²) in [6, 6.07) is 0.501. The quantitative estimate of drug-likeness (QED) is 0.293. The maximum Gasteiger partial charge on any atom is 0.410 e. The Morgan fingerprint density at radius 2 is 1.63 bits per heavy atom. The Morgan fingerprint density at radius 1 is 1.03 bits per heavy atom. The summed E-state index contributed by atoms with van der Waals surface area (Å²) in [7, 11) is 0. The highest BCUT2D eigenvalue weighted by atomic mass is 19.2. The number of carbonyl (C=O) groups excluding carboxylic acids is 2. The Bertz CT molecular complexity index is 1210. The van der Waals surface area contributed by atoms with Gasteiger partial charge in [0.2, 0.25) is 0 Å². The number of nitrogens with zero attached hydrogens (tertiary/aromatic N) is 4. The third-order valence-corrected chi connectivity index (χ3v) is 6.32. The van der Waals surface area contributed by atoms with Gasteiger partial charge in [-0.25, -0.2) is 28.0 Å². The van der Waals surface area contributed by atoms with Gasteiger partial charge in [0, 0.05) is 19.2 Å². The summed E-state index contributed by atoms with van der Waals surface area (Å²) in [4.78, 5) is 32.4. The number of fused-ring (bicyclic) bond motifs is 1. The monoisotopic (exact) mass is 538 g/mol. The van der Waals surface area contributed by atoms with Crippen molar-refractivity contribution in [1.29, 1.82) is 0 Å². The summed E-state index contributed by atoms with van der Waals surface area (Å²) in [5, 5.41) is 11.7. The number of hydrogen-bond donors (Lipinski definition) is 1. The summed E-state index contributed by atoms with van der Waals surface area (Å²) in [5.41, 5.74) is -1.59. The molecule has 0 radical (unpaired) electrons. The van der Waals surface area contributed by atoms with Crippen LogP contribution in [0.25, 0.3) is 11.4 Å². The van der Waals surface area contributed by atoms with Crippen molar-refractivity contribution in [2.45, 2.75) is 86.5 Å². The standard InChI is InChI=1S/C27H37F3N4O4/c1-15(2)22(26(3,4)5)34(37)24(35)21-20-14-32(25(36)38-27(6,7)8)10-9-11-33(20)23(31-21)16-12-18(29)19(30)13-17(16)28/h12-13,15,22,37H,9-11,14H2,1-8H3. The van der Waals surface area contributed by atoms with Crippen molar-refractivity contribution in [2.24, 2.45) is 11.3 Å². The van der Waals surface area contributed by atoms with Gasteiger partial charge in [0.25, 0.3) is 5.91 Å². The van der Waals surface area contributed by atoms with Crippen LogP contribution in [0.1, 0.15) is 78.0 Å². The van der Waals surface area contributed by atoms with Gasteiger partial charge in [-0.3, -0.25) is 10.0 Å². The second kappa shape index (κ2) is 10.6. The molecular weight excluding hydrogens is 501 g/mol. The van der Waals surface area contributed by atoms with E-state index in [1.165, 1.54) is 9.47 Å². The summed E-state index contributed by atoms with van der Waals surface area (Å²) in [5.74, 6) is -4.76. The van der Waals surface area contributed by atoms with Gasteiger partial charge in [-0.2, -0.15) is 0 Å². The van der Waals surface area contributed by atoms with E-state index in [2.05, 4.69) is 4.98 Å². The Kier molecular flexibility index (Phi) is 8.21. The highest BCUT2D eigenvalue weighted by Crippen LogP contribution is 2.33. The van der Waals surface area contributed by atoms with Crippen LogP contribution in [0, 0.1) is 28.8 Å². The molecule has 2 heterocycles. The molecule has 0 spiro atoms. The number of ether oxygens (including phenoxy) is 1.